The number of nitrogens with one attached hydrogen (secondary N) is 1. The lowest BCUT2D eigenvalue weighted by atomic mass is 10.0. The van der Waals surface area contributed by atoms with Gasteiger partial charge in [-0.05, 0) is 72.3 Å². The molecule has 7 rings (SSSR count). The minimum absolute atomic E-state index is 0.0514. The minimum atomic E-state index is -1.02. The molecule has 0 bridgehead atoms. The molecule has 232 valence electrons. The molecule has 0 aliphatic carbocycles. The number of halogens is 2. The molecule has 1 aliphatic rings. The summed E-state index contributed by atoms with van der Waals surface area (Å²) in [6, 6.07) is 11.9. The largest absolute Gasteiger partial charge is 0.618 e. The molecule has 1 unspecified atom stereocenters. The molecule has 14 nitrogen and oxygen atoms in total. The number of aromatic carboxylic acids is 1. The fourth-order valence-corrected chi connectivity index (χ4v) is 5.81. The Kier molecular flexibility index (Phi) is 7.68. The lowest BCUT2D eigenvalue weighted by molar-refractivity contribution is -0.615. The Morgan fingerprint density at radius 3 is 2.54 bits per heavy atom. The predicted molar refractivity (Wildman–Crippen MR) is 162 cm³/mol. The zero-order chi connectivity index (χ0) is 31.8. The Morgan fingerprint density at radius 1 is 1.04 bits per heavy atom. The predicted octanol–water partition coefficient (Wildman–Crippen LogP) is 3.47. The van der Waals surface area contributed by atoms with Crippen LogP contribution in [0.5, 0.6) is 0 Å². The van der Waals surface area contributed by atoms with E-state index in [0.717, 1.165) is 31.5 Å². The van der Waals surface area contributed by atoms with E-state index in [0.29, 0.717) is 21.7 Å². The van der Waals surface area contributed by atoms with Crippen LogP contribution in [0.4, 0.5) is 4.39 Å². The van der Waals surface area contributed by atoms with Crippen molar-refractivity contribution in [3.63, 3.8) is 0 Å². The third kappa shape index (κ3) is 5.46. The monoisotopic (exact) mass is 641 g/mol. The Hall–Kier alpha value is -5.54. The highest BCUT2D eigenvalue weighted by atomic mass is 35.5. The lowest BCUT2D eigenvalue weighted by Gasteiger charge is -2.22. The number of carboxylic acids is 1. The summed E-state index contributed by atoms with van der Waals surface area (Å²) in [5, 5.41) is 50.9. The van der Waals surface area contributed by atoms with Crippen molar-refractivity contribution < 1.29 is 19.0 Å². The normalized spacial score (nSPS) is 14.4. The van der Waals surface area contributed by atoms with Gasteiger partial charge in [-0.1, -0.05) is 28.9 Å². The van der Waals surface area contributed by atoms with Gasteiger partial charge in [0.05, 0.1) is 45.8 Å². The summed E-state index contributed by atoms with van der Waals surface area (Å²) in [5.41, 5.74) is 2.94. The van der Waals surface area contributed by atoms with E-state index < -0.39 is 17.8 Å². The average Bonchev–Trinajstić information content (AvgIpc) is 3.87. The number of hydrogen-bond donors (Lipinski definition) is 2. The van der Waals surface area contributed by atoms with Crippen molar-refractivity contribution in [3.05, 3.63) is 113 Å². The molecule has 1 fully saturated rings. The molecule has 16 heteroatoms. The molecule has 5 heterocycles. The van der Waals surface area contributed by atoms with Gasteiger partial charge in [0, 0.05) is 17.8 Å². The Morgan fingerprint density at radius 2 is 1.83 bits per heavy atom. The van der Waals surface area contributed by atoms with Gasteiger partial charge >= 0.3 is 5.97 Å². The Labute approximate surface area is 265 Å². The van der Waals surface area contributed by atoms with Crippen molar-refractivity contribution in [2.24, 2.45) is 0 Å². The number of nitrogens with zero attached hydrogens (tertiary/aromatic N) is 10. The molecule has 46 heavy (non-hydrogen) atoms. The maximum Gasteiger partial charge on any atom is 0.335 e. The second-order valence-corrected chi connectivity index (χ2v) is 11.2. The molecule has 1 aliphatic heterocycles. The standard InChI is InChI=1S/C30H25ClFN11O3/c31-23-6-8-25(42-17-34-37-39-42)27(28(23)32)20-5-7-26(43(46)15-20)29(24-16-40(38-36-24)22-9-11-33-12-10-22)41-14-21(13-35-41)18-1-3-19(4-2-18)30(44)45/h1-8,13-17,22,29,33H,9-12H2,(H,44,45). The topological polar surface area (TPSA) is 168 Å². The average molecular weight is 642 g/mol. The van der Waals surface area contributed by atoms with Gasteiger partial charge in [-0.15, -0.1) is 10.2 Å². The highest BCUT2D eigenvalue weighted by Gasteiger charge is 2.30. The van der Waals surface area contributed by atoms with Crippen LogP contribution in [0.2, 0.25) is 5.02 Å². The third-order valence-corrected chi connectivity index (χ3v) is 8.30. The Bertz CT molecular complexity index is 2020. The van der Waals surface area contributed by atoms with Gasteiger partial charge in [-0.2, -0.15) is 14.5 Å². The summed E-state index contributed by atoms with van der Waals surface area (Å²) >= 11 is 6.14. The second kappa shape index (κ2) is 12.1. The Balaban J connectivity index is 1.31. The van der Waals surface area contributed by atoms with Gasteiger partial charge in [0.15, 0.2) is 18.1 Å². The molecule has 1 atom stereocenters. The van der Waals surface area contributed by atoms with Crippen LogP contribution in [0.25, 0.3) is 27.9 Å². The van der Waals surface area contributed by atoms with E-state index in [2.05, 4.69) is 36.3 Å². The van der Waals surface area contributed by atoms with Gasteiger partial charge < -0.3 is 15.6 Å². The van der Waals surface area contributed by atoms with Crippen LogP contribution in [0.15, 0.2) is 79.6 Å². The fourth-order valence-electron chi connectivity index (χ4n) is 5.65. The van der Waals surface area contributed by atoms with Gasteiger partial charge in [-0.25, -0.2) is 13.9 Å². The van der Waals surface area contributed by atoms with Crippen LogP contribution in [-0.2, 0) is 0 Å². The summed E-state index contributed by atoms with van der Waals surface area (Å²) in [7, 11) is 0. The zero-order valence-electron chi connectivity index (χ0n) is 24.0. The molecule has 0 amide bonds. The van der Waals surface area contributed by atoms with Gasteiger partial charge in [0.1, 0.15) is 12.0 Å². The maximum atomic E-state index is 15.5. The second-order valence-electron chi connectivity index (χ2n) is 10.8. The first-order chi connectivity index (χ1) is 22.4. The summed E-state index contributed by atoms with van der Waals surface area (Å²) < 4.78 is 20.8. The van der Waals surface area contributed by atoms with E-state index in [4.69, 9.17) is 11.6 Å². The van der Waals surface area contributed by atoms with Gasteiger partial charge in [0.25, 0.3) is 0 Å². The van der Waals surface area contributed by atoms with E-state index >= 15 is 4.39 Å². The molecule has 2 aromatic carbocycles. The minimum Gasteiger partial charge on any atom is -0.618 e. The summed E-state index contributed by atoms with van der Waals surface area (Å²) in [6.07, 6.45) is 9.56. The van der Waals surface area contributed by atoms with Crippen LogP contribution in [0.1, 0.15) is 46.7 Å². The summed E-state index contributed by atoms with van der Waals surface area (Å²) in [4.78, 5) is 11.3. The molecule has 6 aromatic rings. The molecule has 0 radical (unpaired) electrons. The molecule has 4 aromatic heterocycles. The molecular weight excluding hydrogens is 617 g/mol. The molecular formula is C30H25ClFN11O3. The number of piperidine rings is 1. The first-order valence-electron chi connectivity index (χ1n) is 14.3. The number of benzene rings is 2. The number of aromatic nitrogens is 10. The van der Waals surface area contributed by atoms with Gasteiger partial charge in [-0.3, -0.25) is 4.68 Å². The highest BCUT2D eigenvalue weighted by Crippen LogP contribution is 2.34. The maximum absolute atomic E-state index is 15.5. The molecule has 1 saturated heterocycles. The fraction of sp³-hybridized carbons (Fsp3) is 0.200. The number of pyridine rings is 1. The van der Waals surface area contributed by atoms with Crippen LogP contribution in [0, 0.1) is 11.0 Å². The van der Waals surface area contributed by atoms with Crippen molar-refractivity contribution in [1.82, 2.24) is 50.3 Å². The van der Waals surface area contributed by atoms with E-state index in [1.807, 2.05) is 10.9 Å². The van der Waals surface area contributed by atoms with Crippen LogP contribution >= 0.6 is 11.6 Å². The van der Waals surface area contributed by atoms with Gasteiger partial charge in [0.2, 0.25) is 5.69 Å². The van der Waals surface area contributed by atoms with Crippen LogP contribution in [0.3, 0.4) is 0 Å². The number of tetrazole rings is 1. The SMILES string of the molecule is O=C(O)c1ccc(-c2cnn(C(c3cn(C4CCNCC4)nn3)c3ccc(-c4c(-n5cnnn5)ccc(Cl)c4F)c[n+]3[O-])c2)cc1. The van der Waals surface area contributed by atoms with Crippen molar-refractivity contribution in [2.45, 2.75) is 24.9 Å². The van der Waals surface area contributed by atoms with Crippen molar-refractivity contribution in [2.75, 3.05) is 13.1 Å². The van der Waals surface area contributed by atoms with E-state index in [-0.39, 0.29) is 33.4 Å². The van der Waals surface area contributed by atoms with Crippen LogP contribution < -0.4 is 10.0 Å². The zero-order valence-corrected chi connectivity index (χ0v) is 24.7. The number of carboxylic acid groups (broad SMARTS) is 1. The number of hydrogen-bond acceptors (Lipinski definition) is 9. The van der Waals surface area contributed by atoms with E-state index in [9.17, 15) is 15.1 Å². The van der Waals surface area contributed by atoms with E-state index in [1.54, 1.807) is 47.4 Å². The molecule has 0 spiro atoms. The quantitative estimate of drug-likeness (QED) is 0.185. The van der Waals surface area contributed by atoms with Crippen LogP contribution in [-0.4, -0.2) is 69.1 Å². The lowest BCUT2D eigenvalue weighted by Crippen LogP contribution is -2.36. The molecule has 2 N–H and O–H groups in total. The highest BCUT2D eigenvalue weighted by molar-refractivity contribution is 6.31. The van der Waals surface area contributed by atoms with E-state index in [1.165, 1.54) is 35.4 Å². The summed E-state index contributed by atoms with van der Waals surface area (Å²) in [5.74, 6) is -1.75. The smallest absolute Gasteiger partial charge is 0.335 e. The first kappa shape index (κ1) is 29.2. The summed E-state index contributed by atoms with van der Waals surface area (Å²) in [6.45, 7) is 1.72. The van der Waals surface area contributed by atoms with Crippen molar-refractivity contribution in [1.29, 1.82) is 0 Å². The first-order valence-corrected chi connectivity index (χ1v) is 14.7. The third-order valence-electron chi connectivity index (χ3n) is 8.00. The van der Waals surface area contributed by atoms with Crippen molar-refractivity contribution in [3.8, 4) is 27.9 Å². The van der Waals surface area contributed by atoms with Crippen molar-refractivity contribution >= 4 is 17.6 Å². The number of carbonyl (C=O) groups is 1. The number of rotatable bonds is 8. The molecule has 0 saturated carbocycles.